The van der Waals surface area contributed by atoms with E-state index < -0.39 is 0 Å². The first-order chi connectivity index (χ1) is 12.2. The fourth-order valence-corrected chi connectivity index (χ4v) is 4.82. The van der Waals surface area contributed by atoms with E-state index in [1.165, 1.54) is 18.2 Å². The summed E-state index contributed by atoms with van der Waals surface area (Å²) in [5.41, 5.74) is 1.83. The van der Waals surface area contributed by atoms with Gasteiger partial charge in [0.05, 0.1) is 0 Å². The monoisotopic (exact) mass is 415 g/mol. The lowest BCUT2D eigenvalue weighted by molar-refractivity contribution is 0.334. The molecule has 1 nitrogen and oxygen atoms in total. The predicted molar refractivity (Wildman–Crippen MR) is 133 cm³/mol. The summed E-state index contributed by atoms with van der Waals surface area (Å²) < 4.78 is 1.03. The maximum Gasteiger partial charge on any atom is 0.136 e. The van der Waals surface area contributed by atoms with Crippen LogP contribution in [-0.2, 0) is 0 Å². The van der Waals surface area contributed by atoms with Gasteiger partial charge in [0.15, 0.2) is 0 Å². The van der Waals surface area contributed by atoms with Gasteiger partial charge in [-0.25, -0.2) is 0 Å². The van der Waals surface area contributed by atoms with E-state index >= 15 is 0 Å². The Bertz CT molecular complexity index is 432. The van der Waals surface area contributed by atoms with Crippen LogP contribution in [0, 0.1) is 11.3 Å². The van der Waals surface area contributed by atoms with Crippen molar-refractivity contribution in [1.29, 1.82) is 0 Å². The van der Waals surface area contributed by atoms with Gasteiger partial charge >= 0.3 is 0 Å². The highest BCUT2D eigenvalue weighted by molar-refractivity contribution is 8.22. The molecule has 0 spiro atoms. The molecule has 0 radical (unpaired) electrons. The summed E-state index contributed by atoms with van der Waals surface area (Å²) in [5.74, 6) is 1.76. The summed E-state index contributed by atoms with van der Waals surface area (Å²) in [5, 5.41) is 0. The van der Waals surface area contributed by atoms with E-state index in [1.54, 1.807) is 11.8 Å². The van der Waals surface area contributed by atoms with Crippen LogP contribution in [0.4, 0.5) is 0 Å². The van der Waals surface area contributed by atoms with E-state index in [-0.39, 0.29) is 0 Å². The third kappa shape index (κ3) is 15.0. The van der Waals surface area contributed by atoms with Gasteiger partial charge in [-0.1, -0.05) is 82.6 Å². The molecule has 0 heterocycles. The minimum absolute atomic E-state index is 0.395. The molecule has 0 rings (SSSR count). The topological polar surface area (TPSA) is 3.24 Å². The summed E-state index contributed by atoms with van der Waals surface area (Å²) in [7, 11) is 1.02. The second-order valence-electron chi connectivity index (χ2n) is 7.29. The average Bonchev–Trinajstić information content (AvgIpc) is 2.55. The van der Waals surface area contributed by atoms with E-state index in [9.17, 15) is 0 Å². The molecule has 0 aliphatic rings. The maximum atomic E-state index is 5.16. The SMILES string of the molecule is C=C/C=C(\C=C/C)C(CPC)CC(C)(C)C.CCSC(=S)N(CC)CC. The van der Waals surface area contributed by atoms with Crippen molar-refractivity contribution in [3.8, 4) is 0 Å². The first-order valence-electron chi connectivity index (χ1n) is 9.72. The zero-order chi connectivity index (χ0) is 20.6. The molecular weight excluding hydrogens is 373 g/mol. The smallest absolute Gasteiger partial charge is 0.136 e. The molecule has 0 aromatic heterocycles. The highest BCUT2D eigenvalue weighted by Gasteiger charge is 2.19. The van der Waals surface area contributed by atoms with Gasteiger partial charge in [0, 0.05) is 13.1 Å². The highest BCUT2D eigenvalue weighted by Crippen LogP contribution is 2.32. The zero-order valence-corrected chi connectivity index (χ0v) is 21.0. The quantitative estimate of drug-likeness (QED) is 0.219. The van der Waals surface area contributed by atoms with Crippen molar-refractivity contribution in [2.45, 2.75) is 54.9 Å². The molecule has 0 N–H and O–H groups in total. The van der Waals surface area contributed by atoms with Crippen molar-refractivity contribution < 1.29 is 0 Å². The molecule has 0 aliphatic carbocycles. The van der Waals surface area contributed by atoms with Gasteiger partial charge in [-0.05, 0) is 62.7 Å². The zero-order valence-electron chi connectivity index (χ0n) is 18.4. The number of allylic oxidation sites excluding steroid dienone is 5. The predicted octanol–water partition coefficient (Wildman–Crippen LogP) is 7.40. The van der Waals surface area contributed by atoms with E-state index in [1.807, 2.05) is 6.08 Å². The molecule has 0 saturated heterocycles. The van der Waals surface area contributed by atoms with Crippen molar-refractivity contribution in [2.75, 3.05) is 31.7 Å². The largest absolute Gasteiger partial charge is 0.358 e. The highest BCUT2D eigenvalue weighted by atomic mass is 32.2. The van der Waals surface area contributed by atoms with Crippen LogP contribution in [-0.4, -0.2) is 40.9 Å². The number of nitrogens with zero attached hydrogens (tertiary/aromatic N) is 1. The van der Waals surface area contributed by atoms with Crippen molar-refractivity contribution in [3.05, 3.63) is 36.5 Å². The second kappa shape index (κ2) is 17.0. The van der Waals surface area contributed by atoms with Gasteiger partial charge in [0.2, 0.25) is 0 Å². The standard InChI is InChI=1S/C15H27P.C7H15NS2/c1-7-9-13(10-8-2)14(12-16-6)11-15(3,4)5;1-4-8(5-2)7(9)10-6-3/h7-10,14,16H,1,11-12H2,2-6H3;4-6H2,1-3H3/b10-8-,13-9+;. The second-order valence-corrected chi connectivity index (χ2v) is 10.3. The van der Waals surface area contributed by atoms with Crippen LogP contribution in [0.1, 0.15) is 54.9 Å². The Kier molecular flexibility index (Phi) is 18.4. The van der Waals surface area contributed by atoms with E-state index in [4.69, 9.17) is 12.2 Å². The van der Waals surface area contributed by atoms with Crippen LogP contribution in [0.15, 0.2) is 36.5 Å². The molecule has 26 heavy (non-hydrogen) atoms. The van der Waals surface area contributed by atoms with Crippen LogP contribution in [0.5, 0.6) is 0 Å². The van der Waals surface area contributed by atoms with E-state index in [0.29, 0.717) is 11.3 Å². The summed E-state index contributed by atoms with van der Waals surface area (Å²) in [4.78, 5) is 2.20. The molecule has 0 bridgehead atoms. The van der Waals surface area contributed by atoms with Gasteiger partial charge in [-0.3, -0.25) is 0 Å². The van der Waals surface area contributed by atoms with Crippen LogP contribution in [0.2, 0.25) is 0 Å². The van der Waals surface area contributed by atoms with Gasteiger partial charge in [-0.2, -0.15) is 0 Å². The molecule has 0 aliphatic heterocycles. The van der Waals surface area contributed by atoms with Gasteiger partial charge < -0.3 is 4.90 Å². The Hall–Kier alpha value is -0.110. The fraction of sp³-hybridized carbons (Fsp3) is 0.682. The molecule has 0 aromatic rings. The molecule has 0 amide bonds. The number of hydrogen-bond acceptors (Lipinski definition) is 2. The molecule has 152 valence electrons. The number of thiocarbonyl (C=S) groups is 1. The van der Waals surface area contributed by atoms with Crippen molar-refractivity contribution >= 4 is 36.9 Å². The number of hydrogen-bond donors (Lipinski definition) is 0. The molecule has 0 saturated carbocycles. The molecule has 0 aromatic carbocycles. The Morgan fingerprint density at radius 2 is 1.81 bits per heavy atom. The molecule has 2 atom stereocenters. The number of thioether (sulfide) groups is 1. The number of rotatable bonds is 9. The van der Waals surface area contributed by atoms with E-state index in [2.05, 4.69) is 84.8 Å². The Balaban J connectivity index is 0. The maximum absolute atomic E-state index is 5.16. The minimum Gasteiger partial charge on any atom is -0.358 e. The third-order valence-electron chi connectivity index (χ3n) is 3.74. The Morgan fingerprint density at radius 1 is 1.23 bits per heavy atom. The summed E-state index contributed by atoms with van der Waals surface area (Å²) in [6.07, 6.45) is 11.0. The van der Waals surface area contributed by atoms with Crippen molar-refractivity contribution in [1.82, 2.24) is 4.90 Å². The van der Waals surface area contributed by atoms with Crippen molar-refractivity contribution in [3.63, 3.8) is 0 Å². The lowest BCUT2D eigenvalue weighted by atomic mass is 9.82. The normalized spacial score (nSPS) is 13.6. The summed E-state index contributed by atoms with van der Waals surface area (Å²) >= 11 is 6.91. The molecule has 2 unspecified atom stereocenters. The molecular formula is C22H42NPS2. The Labute approximate surface area is 175 Å². The lowest BCUT2D eigenvalue weighted by Gasteiger charge is -2.26. The molecule has 4 heteroatoms. The summed E-state index contributed by atoms with van der Waals surface area (Å²) in [6.45, 7) is 23.6. The first kappa shape index (κ1) is 28.1. The average molecular weight is 416 g/mol. The minimum atomic E-state index is 0.395. The van der Waals surface area contributed by atoms with Gasteiger partial charge in [0.1, 0.15) is 4.32 Å². The van der Waals surface area contributed by atoms with Crippen LogP contribution >= 0.6 is 32.6 Å². The van der Waals surface area contributed by atoms with Crippen LogP contribution < -0.4 is 0 Å². The molecule has 0 fully saturated rings. The third-order valence-corrected chi connectivity index (χ3v) is 6.05. The summed E-state index contributed by atoms with van der Waals surface area (Å²) in [6, 6.07) is 0. The Morgan fingerprint density at radius 3 is 2.15 bits per heavy atom. The van der Waals surface area contributed by atoms with Crippen molar-refractivity contribution in [2.24, 2.45) is 11.3 Å². The van der Waals surface area contributed by atoms with E-state index in [0.717, 1.165) is 31.7 Å². The van der Waals surface area contributed by atoms with Gasteiger partial charge in [-0.15, -0.1) is 8.58 Å². The fourth-order valence-electron chi connectivity index (χ4n) is 2.65. The lowest BCUT2D eigenvalue weighted by Crippen LogP contribution is -2.26. The van der Waals surface area contributed by atoms with Gasteiger partial charge in [0.25, 0.3) is 0 Å². The first-order valence-corrected chi connectivity index (χ1v) is 12.8. The van der Waals surface area contributed by atoms with Crippen LogP contribution in [0.3, 0.4) is 0 Å². The van der Waals surface area contributed by atoms with Crippen LogP contribution in [0.25, 0.3) is 0 Å².